The Kier molecular flexibility index (Phi) is 5.26. The normalized spacial score (nSPS) is 17.9. The molecule has 102 valence electrons. The highest BCUT2D eigenvalue weighted by Crippen LogP contribution is 2.21. The van der Waals surface area contributed by atoms with E-state index in [0.717, 1.165) is 36.3 Å². The molecular formula is C16H20O3. The molecule has 1 aliphatic rings. The molecule has 3 heteroatoms. The number of rotatable bonds is 4. The third kappa shape index (κ3) is 4.27. The molecule has 0 saturated carbocycles. The summed E-state index contributed by atoms with van der Waals surface area (Å²) in [5.41, 5.74) is 2.03. The number of aliphatic hydroxyl groups is 1. The van der Waals surface area contributed by atoms with Crippen LogP contribution in [0.5, 0.6) is 5.75 Å². The van der Waals surface area contributed by atoms with E-state index in [9.17, 15) is 0 Å². The smallest absolute Gasteiger partial charge is 0.135 e. The molecule has 1 aromatic rings. The summed E-state index contributed by atoms with van der Waals surface area (Å²) in [6.07, 6.45) is 2.88. The van der Waals surface area contributed by atoms with E-state index >= 15 is 0 Å². The van der Waals surface area contributed by atoms with Crippen LogP contribution >= 0.6 is 0 Å². The van der Waals surface area contributed by atoms with E-state index in [1.807, 2.05) is 25.1 Å². The lowest BCUT2D eigenvalue weighted by Crippen LogP contribution is -2.16. The minimum absolute atomic E-state index is 0.0882. The number of aliphatic hydroxyl groups excluding tert-OH is 1. The first-order valence-corrected chi connectivity index (χ1v) is 6.74. The van der Waals surface area contributed by atoms with Crippen molar-refractivity contribution in [2.75, 3.05) is 19.8 Å². The monoisotopic (exact) mass is 260 g/mol. The van der Waals surface area contributed by atoms with Crippen LogP contribution in [0.25, 0.3) is 0 Å². The summed E-state index contributed by atoms with van der Waals surface area (Å²) in [7, 11) is 0. The number of ether oxygens (including phenoxy) is 2. The van der Waals surface area contributed by atoms with Crippen molar-refractivity contribution in [3.05, 3.63) is 29.3 Å². The lowest BCUT2D eigenvalue weighted by Gasteiger charge is -2.13. The van der Waals surface area contributed by atoms with Gasteiger partial charge in [0.25, 0.3) is 0 Å². The summed E-state index contributed by atoms with van der Waals surface area (Å²) >= 11 is 0. The number of aryl methyl sites for hydroxylation is 1. The molecule has 2 rings (SSSR count). The van der Waals surface area contributed by atoms with E-state index in [1.54, 1.807) is 0 Å². The van der Waals surface area contributed by atoms with Crippen LogP contribution in [0.15, 0.2) is 18.2 Å². The van der Waals surface area contributed by atoms with Gasteiger partial charge < -0.3 is 14.6 Å². The standard InChI is InChI=1S/C16H20O3/c1-13-7-8-16(14(11-13)5-2-3-9-17)19-12-15-6-4-10-18-15/h7-8,11,15,17H,3-4,6,9-10,12H2,1H3. The Morgan fingerprint density at radius 1 is 1.47 bits per heavy atom. The maximum absolute atomic E-state index is 8.76. The van der Waals surface area contributed by atoms with Gasteiger partial charge in [-0.3, -0.25) is 0 Å². The van der Waals surface area contributed by atoms with Crippen molar-refractivity contribution in [1.82, 2.24) is 0 Å². The van der Waals surface area contributed by atoms with Crippen molar-refractivity contribution in [2.24, 2.45) is 0 Å². The summed E-state index contributed by atoms with van der Waals surface area (Å²) in [6, 6.07) is 5.98. The first kappa shape index (κ1) is 13.9. The highest BCUT2D eigenvalue weighted by molar-refractivity contribution is 5.48. The fourth-order valence-electron chi connectivity index (χ4n) is 2.04. The van der Waals surface area contributed by atoms with Gasteiger partial charge in [-0.1, -0.05) is 17.9 Å². The van der Waals surface area contributed by atoms with E-state index in [4.69, 9.17) is 14.6 Å². The Balaban J connectivity index is 2.03. The van der Waals surface area contributed by atoms with Crippen molar-refractivity contribution in [3.8, 4) is 17.6 Å². The molecule has 0 bridgehead atoms. The van der Waals surface area contributed by atoms with Gasteiger partial charge in [-0.15, -0.1) is 0 Å². The van der Waals surface area contributed by atoms with Gasteiger partial charge in [-0.05, 0) is 37.5 Å². The Bertz CT molecular complexity index is 465. The van der Waals surface area contributed by atoms with Gasteiger partial charge in [0, 0.05) is 13.0 Å². The lowest BCUT2D eigenvalue weighted by atomic mass is 10.1. The van der Waals surface area contributed by atoms with Gasteiger partial charge >= 0.3 is 0 Å². The largest absolute Gasteiger partial charge is 0.490 e. The zero-order chi connectivity index (χ0) is 13.5. The van der Waals surface area contributed by atoms with Crippen LogP contribution in [0, 0.1) is 18.8 Å². The molecular weight excluding hydrogens is 240 g/mol. The SMILES string of the molecule is Cc1ccc(OCC2CCCO2)c(C#CCCO)c1. The highest BCUT2D eigenvalue weighted by Gasteiger charge is 2.16. The van der Waals surface area contributed by atoms with E-state index in [-0.39, 0.29) is 12.7 Å². The lowest BCUT2D eigenvalue weighted by molar-refractivity contribution is 0.0678. The second-order valence-corrected chi connectivity index (χ2v) is 4.72. The van der Waals surface area contributed by atoms with Gasteiger partial charge in [-0.2, -0.15) is 0 Å². The zero-order valence-electron chi connectivity index (χ0n) is 11.3. The third-order valence-corrected chi connectivity index (χ3v) is 3.04. The maximum Gasteiger partial charge on any atom is 0.135 e. The molecule has 0 amide bonds. The second-order valence-electron chi connectivity index (χ2n) is 4.72. The third-order valence-electron chi connectivity index (χ3n) is 3.04. The van der Waals surface area contributed by atoms with Crippen molar-refractivity contribution in [3.63, 3.8) is 0 Å². The molecule has 1 heterocycles. The molecule has 1 fully saturated rings. The fourth-order valence-corrected chi connectivity index (χ4v) is 2.04. The van der Waals surface area contributed by atoms with Crippen LogP contribution < -0.4 is 4.74 Å². The Morgan fingerprint density at radius 2 is 2.37 bits per heavy atom. The van der Waals surface area contributed by atoms with Gasteiger partial charge in [0.2, 0.25) is 0 Å². The first-order chi connectivity index (χ1) is 9.29. The van der Waals surface area contributed by atoms with Crippen LogP contribution in [-0.2, 0) is 4.74 Å². The predicted octanol–water partition coefficient (Wildman–Crippen LogP) is 2.29. The number of benzene rings is 1. The average Bonchev–Trinajstić information content (AvgIpc) is 2.91. The number of hydrogen-bond acceptors (Lipinski definition) is 3. The van der Waals surface area contributed by atoms with E-state index < -0.39 is 0 Å². The molecule has 1 aliphatic heterocycles. The fraction of sp³-hybridized carbons (Fsp3) is 0.500. The van der Waals surface area contributed by atoms with Crippen LogP contribution in [0.1, 0.15) is 30.4 Å². The molecule has 19 heavy (non-hydrogen) atoms. The topological polar surface area (TPSA) is 38.7 Å². The first-order valence-electron chi connectivity index (χ1n) is 6.74. The summed E-state index contributed by atoms with van der Waals surface area (Å²) in [4.78, 5) is 0. The van der Waals surface area contributed by atoms with Crippen molar-refractivity contribution in [2.45, 2.75) is 32.3 Å². The maximum atomic E-state index is 8.76. The zero-order valence-corrected chi connectivity index (χ0v) is 11.3. The Labute approximate surface area is 114 Å². The quantitative estimate of drug-likeness (QED) is 0.844. The van der Waals surface area contributed by atoms with Gasteiger partial charge in [0.15, 0.2) is 0 Å². The van der Waals surface area contributed by atoms with Gasteiger partial charge in [0.05, 0.1) is 18.3 Å². The average molecular weight is 260 g/mol. The molecule has 0 spiro atoms. The summed E-state index contributed by atoms with van der Waals surface area (Å²) in [5, 5.41) is 8.76. The minimum atomic E-state index is 0.0882. The summed E-state index contributed by atoms with van der Waals surface area (Å²) < 4.78 is 11.4. The van der Waals surface area contributed by atoms with Crippen LogP contribution in [0.3, 0.4) is 0 Å². The molecule has 3 nitrogen and oxygen atoms in total. The number of hydrogen-bond donors (Lipinski definition) is 1. The predicted molar refractivity (Wildman–Crippen MR) is 74.2 cm³/mol. The molecule has 1 N–H and O–H groups in total. The second kappa shape index (κ2) is 7.18. The molecule has 1 saturated heterocycles. The Morgan fingerprint density at radius 3 is 3.11 bits per heavy atom. The summed E-state index contributed by atoms with van der Waals surface area (Å²) in [5.74, 6) is 6.79. The van der Waals surface area contributed by atoms with Crippen LogP contribution in [0.2, 0.25) is 0 Å². The molecule has 0 aromatic heterocycles. The van der Waals surface area contributed by atoms with Gasteiger partial charge in [-0.25, -0.2) is 0 Å². The Hall–Kier alpha value is -1.50. The van der Waals surface area contributed by atoms with Crippen LogP contribution in [-0.4, -0.2) is 31.0 Å². The van der Waals surface area contributed by atoms with E-state index in [0.29, 0.717) is 13.0 Å². The molecule has 1 aromatic carbocycles. The van der Waals surface area contributed by atoms with Crippen LogP contribution in [0.4, 0.5) is 0 Å². The minimum Gasteiger partial charge on any atom is -0.490 e. The highest BCUT2D eigenvalue weighted by atomic mass is 16.5. The van der Waals surface area contributed by atoms with Crippen molar-refractivity contribution < 1.29 is 14.6 Å². The van der Waals surface area contributed by atoms with E-state index in [1.165, 1.54) is 0 Å². The summed E-state index contributed by atoms with van der Waals surface area (Å²) in [6.45, 7) is 3.54. The van der Waals surface area contributed by atoms with Gasteiger partial charge in [0.1, 0.15) is 12.4 Å². The molecule has 0 aliphatic carbocycles. The van der Waals surface area contributed by atoms with Crippen molar-refractivity contribution in [1.29, 1.82) is 0 Å². The molecule has 0 radical (unpaired) electrons. The molecule has 1 unspecified atom stereocenters. The molecule has 1 atom stereocenters. The van der Waals surface area contributed by atoms with E-state index in [2.05, 4.69) is 11.8 Å². The van der Waals surface area contributed by atoms with Crippen molar-refractivity contribution >= 4 is 0 Å².